The summed E-state index contributed by atoms with van der Waals surface area (Å²) in [5.41, 5.74) is 0.0206. The van der Waals surface area contributed by atoms with Crippen LogP contribution in [-0.4, -0.2) is 31.6 Å². The van der Waals surface area contributed by atoms with Crippen molar-refractivity contribution in [2.75, 3.05) is 11.9 Å². The molecule has 0 saturated heterocycles. The molecule has 1 amide bonds. The zero-order chi connectivity index (χ0) is 26.7. The number of pyridine rings is 1. The molecule has 3 aromatic heterocycles. The van der Waals surface area contributed by atoms with Crippen LogP contribution in [0.4, 0.5) is 13.9 Å². The number of hydrogen-bond acceptors (Lipinski definition) is 7. The fourth-order valence-corrected chi connectivity index (χ4v) is 4.61. The van der Waals surface area contributed by atoms with Gasteiger partial charge in [-0.05, 0) is 24.6 Å². The summed E-state index contributed by atoms with van der Waals surface area (Å²) >= 11 is 1.08. The van der Waals surface area contributed by atoms with E-state index in [2.05, 4.69) is 15.3 Å². The molecule has 0 saturated carbocycles. The number of amides is 1. The van der Waals surface area contributed by atoms with Crippen LogP contribution >= 0.6 is 11.3 Å². The molecule has 0 aliphatic heterocycles. The van der Waals surface area contributed by atoms with Crippen LogP contribution in [0.3, 0.4) is 0 Å². The predicted octanol–water partition coefficient (Wildman–Crippen LogP) is 3.78. The first-order valence-electron chi connectivity index (χ1n) is 11.6. The van der Waals surface area contributed by atoms with E-state index >= 15 is 0 Å². The van der Waals surface area contributed by atoms with E-state index in [9.17, 15) is 23.2 Å². The number of aryl methyl sites for hydroxylation is 1. The SMILES string of the molecule is CCCCCOc1c(F)cc(-c2csc(NC(=O)Cc3nccc4c3c(=O)n(C)c(=O)n4C)n2)cc1F. The summed E-state index contributed by atoms with van der Waals surface area (Å²) < 4.78 is 36.5. The number of benzene rings is 1. The molecule has 1 N–H and O–H groups in total. The number of anilines is 1. The fraction of sp³-hybridized carbons (Fsp3) is 0.320. The van der Waals surface area contributed by atoms with Gasteiger partial charge in [-0.15, -0.1) is 11.3 Å². The molecule has 3 heterocycles. The number of carbonyl (C=O) groups excluding carboxylic acids is 1. The minimum Gasteiger partial charge on any atom is -0.488 e. The van der Waals surface area contributed by atoms with Gasteiger partial charge in [0.25, 0.3) is 5.56 Å². The van der Waals surface area contributed by atoms with Crippen LogP contribution in [0.2, 0.25) is 0 Å². The highest BCUT2D eigenvalue weighted by Gasteiger charge is 2.18. The Hall–Kier alpha value is -3.93. The van der Waals surface area contributed by atoms with Crippen LogP contribution in [0.15, 0.2) is 39.4 Å². The molecular weight excluding hydrogens is 504 g/mol. The number of thiazole rings is 1. The third-order valence-corrected chi connectivity index (χ3v) is 6.59. The fourth-order valence-electron chi connectivity index (χ4n) is 3.87. The summed E-state index contributed by atoms with van der Waals surface area (Å²) in [6.45, 7) is 2.25. The molecule has 0 fully saturated rings. The van der Waals surface area contributed by atoms with Crippen LogP contribution in [0.1, 0.15) is 31.9 Å². The maximum absolute atomic E-state index is 14.5. The number of nitrogens with zero attached hydrogens (tertiary/aromatic N) is 4. The van der Waals surface area contributed by atoms with Gasteiger partial charge in [-0.2, -0.15) is 0 Å². The highest BCUT2D eigenvalue weighted by molar-refractivity contribution is 7.14. The van der Waals surface area contributed by atoms with E-state index in [0.29, 0.717) is 11.9 Å². The third kappa shape index (κ3) is 5.43. The van der Waals surface area contributed by atoms with Crippen molar-refractivity contribution in [2.45, 2.75) is 32.6 Å². The van der Waals surface area contributed by atoms with Gasteiger partial charge in [-0.1, -0.05) is 19.8 Å². The molecule has 0 bridgehead atoms. The summed E-state index contributed by atoms with van der Waals surface area (Å²) in [7, 11) is 2.89. The standard InChI is InChI=1S/C25H25F2N5O4S/c1-4-5-6-9-36-22-15(26)10-14(11-16(22)27)18-13-37-24(29-18)30-20(33)12-17-21-19(7-8-28-17)31(2)25(35)32(3)23(21)34/h7-8,10-11,13H,4-6,9,12H2,1-3H3,(H,29,30,33). The molecule has 0 radical (unpaired) electrons. The first kappa shape index (κ1) is 26.1. The van der Waals surface area contributed by atoms with Crippen molar-refractivity contribution in [1.29, 1.82) is 0 Å². The van der Waals surface area contributed by atoms with E-state index in [-0.39, 0.29) is 40.5 Å². The molecule has 1 aromatic carbocycles. The van der Waals surface area contributed by atoms with Crippen LogP contribution < -0.4 is 21.3 Å². The van der Waals surface area contributed by atoms with Crippen LogP contribution in [0.5, 0.6) is 5.75 Å². The number of hydrogen-bond donors (Lipinski definition) is 1. The van der Waals surface area contributed by atoms with Crippen LogP contribution in [0, 0.1) is 11.6 Å². The second-order valence-electron chi connectivity index (χ2n) is 8.44. The second-order valence-corrected chi connectivity index (χ2v) is 9.30. The maximum Gasteiger partial charge on any atom is 0.330 e. The summed E-state index contributed by atoms with van der Waals surface area (Å²) in [6.07, 6.45) is 3.75. The van der Waals surface area contributed by atoms with Gasteiger partial charge in [-0.25, -0.2) is 18.6 Å². The molecule has 9 nitrogen and oxygen atoms in total. The lowest BCUT2D eigenvalue weighted by Crippen LogP contribution is -2.37. The highest BCUT2D eigenvalue weighted by Crippen LogP contribution is 2.31. The number of rotatable bonds is 9. The molecule has 194 valence electrons. The first-order valence-corrected chi connectivity index (χ1v) is 12.5. The normalized spacial score (nSPS) is 11.2. The molecule has 0 atom stereocenters. The molecule has 0 unspecified atom stereocenters. The van der Waals surface area contributed by atoms with Crippen molar-refractivity contribution in [3.05, 3.63) is 67.9 Å². The average molecular weight is 530 g/mol. The van der Waals surface area contributed by atoms with Crippen molar-refractivity contribution in [2.24, 2.45) is 14.1 Å². The Balaban J connectivity index is 1.51. The minimum absolute atomic E-state index is 0.171. The predicted molar refractivity (Wildman–Crippen MR) is 137 cm³/mol. The average Bonchev–Trinajstić information content (AvgIpc) is 3.33. The van der Waals surface area contributed by atoms with Gasteiger partial charge in [0.2, 0.25) is 5.91 Å². The summed E-state index contributed by atoms with van der Waals surface area (Å²) in [5, 5.41) is 4.57. The Morgan fingerprint density at radius 2 is 1.86 bits per heavy atom. The van der Waals surface area contributed by atoms with Gasteiger partial charge in [0.1, 0.15) is 0 Å². The van der Waals surface area contributed by atoms with E-state index in [1.165, 1.54) is 30.9 Å². The molecule has 4 aromatic rings. The smallest absolute Gasteiger partial charge is 0.330 e. The Kier molecular flexibility index (Phi) is 7.77. The van der Waals surface area contributed by atoms with Crippen molar-refractivity contribution >= 4 is 33.3 Å². The number of fused-ring (bicyclic) bond motifs is 1. The van der Waals surface area contributed by atoms with Crippen molar-refractivity contribution in [3.63, 3.8) is 0 Å². The van der Waals surface area contributed by atoms with E-state index in [0.717, 1.165) is 40.9 Å². The summed E-state index contributed by atoms with van der Waals surface area (Å²) in [6, 6.07) is 3.81. The second kappa shape index (κ2) is 11.0. The van der Waals surface area contributed by atoms with Crippen LogP contribution in [-0.2, 0) is 25.3 Å². The Morgan fingerprint density at radius 3 is 2.57 bits per heavy atom. The Morgan fingerprint density at radius 1 is 1.14 bits per heavy atom. The van der Waals surface area contributed by atoms with Crippen molar-refractivity contribution in [3.8, 4) is 17.0 Å². The van der Waals surface area contributed by atoms with Gasteiger partial charge in [0, 0.05) is 31.2 Å². The molecule has 4 rings (SSSR count). The van der Waals surface area contributed by atoms with Crippen molar-refractivity contribution < 1.29 is 18.3 Å². The quantitative estimate of drug-likeness (QED) is 0.331. The number of carbonyl (C=O) groups is 1. The Labute approximate surface area is 214 Å². The number of aromatic nitrogens is 4. The van der Waals surface area contributed by atoms with Gasteiger partial charge < -0.3 is 10.1 Å². The van der Waals surface area contributed by atoms with Gasteiger partial charge in [0.15, 0.2) is 22.5 Å². The molecule has 0 aliphatic carbocycles. The van der Waals surface area contributed by atoms with E-state index in [1.54, 1.807) is 5.38 Å². The van der Waals surface area contributed by atoms with E-state index < -0.39 is 34.5 Å². The van der Waals surface area contributed by atoms with E-state index in [1.807, 2.05) is 6.92 Å². The lowest BCUT2D eigenvalue weighted by Gasteiger charge is -2.10. The third-order valence-electron chi connectivity index (χ3n) is 5.83. The Bertz CT molecular complexity index is 1570. The molecule has 0 spiro atoms. The van der Waals surface area contributed by atoms with Crippen molar-refractivity contribution in [1.82, 2.24) is 19.1 Å². The van der Waals surface area contributed by atoms with Gasteiger partial charge in [0.05, 0.1) is 35.3 Å². The topological polar surface area (TPSA) is 108 Å². The zero-order valence-electron chi connectivity index (χ0n) is 20.5. The van der Waals surface area contributed by atoms with Gasteiger partial charge in [-0.3, -0.25) is 23.7 Å². The number of unbranched alkanes of at least 4 members (excludes halogenated alkanes) is 2. The lowest BCUT2D eigenvalue weighted by molar-refractivity contribution is -0.115. The van der Waals surface area contributed by atoms with E-state index in [4.69, 9.17) is 4.74 Å². The molecular formula is C25H25F2N5O4S. The monoisotopic (exact) mass is 529 g/mol. The first-order chi connectivity index (χ1) is 17.7. The lowest BCUT2D eigenvalue weighted by atomic mass is 10.1. The highest BCUT2D eigenvalue weighted by atomic mass is 32.1. The largest absolute Gasteiger partial charge is 0.488 e. The summed E-state index contributed by atoms with van der Waals surface area (Å²) in [5.74, 6) is -2.58. The summed E-state index contributed by atoms with van der Waals surface area (Å²) in [4.78, 5) is 46.0. The molecule has 12 heteroatoms. The molecule has 37 heavy (non-hydrogen) atoms. The maximum atomic E-state index is 14.5. The van der Waals surface area contributed by atoms with Gasteiger partial charge >= 0.3 is 5.69 Å². The zero-order valence-corrected chi connectivity index (χ0v) is 21.3. The number of nitrogens with one attached hydrogen (secondary N) is 1. The van der Waals surface area contributed by atoms with Crippen LogP contribution in [0.25, 0.3) is 22.2 Å². The molecule has 0 aliphatic rings. The minimum atomic E-state index is -0.830. The number of ether oxygens (including phenoxy) is 1. The number of halogens is 2.